The molecule has 0 saturated carbocycles. The first-order chi connectivity index (χ1) is 14.8. The number of hydrogen-bond acceptors (Lipinski definition) is 4. The minimum atomic E-state index is -0.271. The summed E-state index contributed by atoms with van der Waals surface area (Å²) in [5, 5.41) is 15.7. The van der Waals surface area contributed by atoms with Crippen LogP contribution in [0.3, 0.4) is 0 Å². The molecule has 0 aliphatic carbocycles. The zero-order chi connectivity index (χ0) is 20.2. The normalized spacial score (nSPS) is 15.9. The molecule has 1 atom stereocenters. The van der Waals surface area contributed by atoms with Crippen LogP contribution in [-0.4, -0.2) is 0 Å². The zero-order valence-electron chi connectivity index (χ0n) is 15.9. The van der Waals surface area contributed by atoms with E-state index in [-0.39, 0.29) is 11.8 Å². The van der Waals surface area contributed by atoms with Crippen LogP contribution in [-0.2, 0) is 0 Å². The van der Waals surface area contributed by atoms with E-state index in [0.29, 0.717) is 5.57 Å². The van der Waals surface area contributed by atoms with Crippen molar-refractivity contribution in [2.75, 3.05) is 0 Å². The molecule has 142 valence electrons. The van der Waals surface area contributed by atoms with E-state index in [1.165, 1.54) is 0 Å². The highest BCUT2D eigenvalue weighted by atomic mass is 32.1. The van der Waals surface area contributed by atoms with Gasteiger partial charge in [0, 0.05) is 10.1 Å². The number of allylic oxidation sites excluding steroid dienone is 1. The number of nitriles is 1. The average molecular weight is 404 g/mol. The third-order valence-electron chi connectivity index (χ3n) is 5.83. The Morgan fingerprint density at radius 3 is 2.10 bits per heavy atom. The number of nitrogens with zero attached hydrogens (tertiary/aromatic N) is 1. The van der Waals surface area contributed by atoms with Crippen LogP contribution in [0.25, 0.3) is 31.6 Å². The Balaban J connectivity index is 1.79. The molecule has 0 amide bonds. The summed E-state index contributed by atoms with van der Waals surface area (Å²) in [4.78, 5) is 1.03. The van der Waals surface area contributed by atoms with Crippen molar-refractivity contribution in [2.24, 2.45) is 5.73 Å². The number of benzene rings is 4. The molecule has 1 aliphatic rings. The Bertz CT molecular complexity index is 1500. The summed E-state index contributed by atoms with van der Waals surface area (Å²) in [6, 6.07) is 29.4. The second-order valence-electron chi connectivity index (χ2n) is 7.45. The number of thiophene rings is 1. The predicted molar refractivity (Wildman–Crippen MR) is 123 cm³/mol. The molecule has 2 N–H and O–H groups in total. The number of ether oxygens (including phenoxy) is 1. The molecule has 0 bridgehead atoms. The van der Waals surface area contributed by atoms with Gasteiger partial charge in [0.1, 0.15) is 11.6 Å². The molecule has 6 rings (SSSR count). The van der Waals surface area contributed by atoms with Crippen molar-refractivity contribution in [3.63, 3.8) is 0 Å². The Morgan fingerprint density at radius 1 is 0.833 bits per heavy atom. The molecule has 0 spiro atoms. The van der Waals surface area contributed by atoms with E-state index < -0.39 is 0 Å². The van der Waals surface area contributed by atoms with Crippen LogP contribution < -0.4 is 10.5 Å². The summed E-state index contributed by atoms with van der Waals surface area (Å²) >= 11 is 1.68. The predicted octanol–water partition coefficient (Wildman–Crippen LogP) is 6.43. The molecule has 1 aliphatic heterocycles. The van der Waals surface area contributed by atoms with Gasteiger partial charge in [-0.1, -0.05) is 60.7 Å². The lowest BCUT2D eigenvalue weighted by atomic mass is 9.82. The van der Waals surface area contributed by atoms with Gasteiger partial charge < -0.3 is 10.5 Å². The van der Waals surface area contributed by atoms with Crippen LogP contribution in [0.1, 0.15) is 16.4 Å². The molecule has 0 unspecified atom stereocenters. The Hall–Kier alpha value is -3.81. The van der Waals surface area contributed by atoms with Crippen LogP contribution in [0.15, 0.2) is 90.3 Å². The lowest BCUT2D eigenvalue weighted by molar-refractivity contribution is 0.402. The highest BCUT2D eigenvalue weighted by Gasteiger charge is 2.35. The SMILES string of the molecule is N#CC1=C(N)Oc2c(sc3ccccc23)[C@H]1c1c2ccccc2cc2ccccc12. The van der Waals surface area contributed by atoms with E-state index >= 15 is 0 Å². The van der Waals surface area contributed by atoms with Crippen LogP contribution >= 0.6 is 11.3 Å². The molecular formula is C26H16N2OS. The average Bonchev–Trinajstić information content (AvgIpc) is 3.15. The Kier molecular flexibility index (Phi) is 3.61. The molecule has 5 aromatic rings. The molecular weight excluding hydrogens is 388 g/mol. The van der Waals surface area contributed by atoms with Crippen molar-refractivity contribution < 1.29 is 4.74 Å². The molecule has 30 heavy (non-hydrogen) atoms. The van der Waals surface area contributed by atoms with Crippen LogP contribution in [0.2, 0.25) is 0 Å². The minimum Gasteiger partial charge on any atom is -0.439 e. The van der Waals surface area contributed by atoms with E-state index in [0.717, 1.165) is 47.8 Å². The highest BCUT2D eigenvalue weighted by molar-refractivity contribution is 7.19. The first-order valence-corrected chi connectivity index (χ1v) is 10.6. The van der Waals surface area contributed by atoms with Crippen molar-refractivity contribution in [3.8, 4) is 11.8 Å². The van der Waals surface area contributed by atoms with E-state index in [9.17, 15) is 5.26 Å². The maximum absolute atomic E-state index is 10.1. The molecule has 0 saturated heterocycles. The molecule has 2 heterocycles. The van der Waals surface area contributed by atoms with Gasteiger partial charge in [-0.3, -0.25) is 0 Å². The first-order valence-electron chi connectivity index (χ1n) is 9.75. The van der Waals surface area contributed by atoms with Crippen molar-refractivity contribution in [3.05, 3.63) is 101 Å². The van der Waals surface area contributed by atoms with Crippen molar-refractivity contribution in [2.45, 2.75) is 5.92 Å². The van der Waals surface area contributed by atoms with Crippen molar-refractivity contribution >= 4 is 43.0 Å². The zero-order valence-corrected chi connectivity index (χ0v) is 16.7. The fourth-order valence-electron chi connectivity index (χ4n) is 4.53. The molecule has 3 nitrogen and oxygen atoms in total. The Labute approximate surface area is 177 Å². The van der Waals surface area contributed by atoms with Gasteiger partial charge >= 0.3 is 0 Å². The number of rotatable bonds is 1. The summed E-state index contributed by atoms with van der Waals surface area (Å²) < 4.78 is 7.14. The fraction of sp³-hybridized carbons (Fsp3) is 0.0385. The van der Waals surface area contributed by atoms with Gasteiger partial charge in [-0.2, -0.15) is 5.26 Å². The van der Waals surface area contributed by atoms with Crippen LogP contribution in [0.5, 0.6) is 5.75 Å². The van der Waals surface area contributed by atoms with Gasteiger partial charge in [0.15, 0.2) is 5.75 Å². The lowest BCUT2D eigenvalue weighted by Gasteiger charge is -2.26. The summed E-state index contributed by atoms with van der Waals surface area (Å²) in [7, 11) is 0. The lowest BCUT2D eigenvalue weighted by Crippen LogP contribution is -2.20. The molecule has 4 heteroatoms. The standard InChI is InChI=1S/C26H16N2OS/c27-14-20-23(25-24(29-26(20)28)19-11-5-6-12-21(19)30-25)22-17-9-3-1-7-15(17)13-16-8-2-4-10-18(16)22/h1-13,23H,28H2/t23-/m1/s1. The van der Waals surface area contributed by atoms with E-state index in [1.54, 1.807) is 11.3 Å². The van der Waals surface area contributed by atoms with Gasteiger partial charge in [-0.05, 0) is 45.3 Å². The van der Waals surface area contributed by atoms with Crippen LogP contribution in [0, 0.1) is 11.3 Å². The Morgan fingerprint density at radius 2 is 1.43 bits per heavy atom. The number of nitrogens with two attached hydrogens (primary N) is 1. The maximum atomic E-state index is 10.1. The summed E-state index contributed by atoms with van der Waals surface area (Å²) in [5.41, 5.74) is 7.89. The first kappa shape index (κ1) is 17.1. The second-order valence-corrected chi connectivity index (χ2v) is 8.53. The second kappa shape index (κ2) is 6.35. The molecule has 1 aromatic heterocycles. The van der Waals surface area contributed by atoms with E-state index in [1.807, 2.05) is 42.5 Å². The molecule has 0 fully saturated rings. The van der Waals surface area contributed by atoms with Crippen LogP contribution in [0.4, 0.5) is 0 Å². The van der Waals surface area contributed by atoms with E-state index in [4.69, 9.17) is 10.5 Å². The van der Waals surface area contributed by atoms with Gasteiger partial charge in [0.05, 0.1) is 10.8 Å². The summed E-state index contributed by atoms with van der Waals surface area (Å²) in [6.07, 6.45) is 0. The third-order valence-corrected chi connectivity index (χ3v) is 7.04. The number of fused-ring (bicyclic) bond motifs is 5. The summed E-state index contributed by atoms with van der Waals surface area (Å²) in [5.74, 6) is 0.692. The third kappa shape index (κ3) is 2.30. The highest BCUT2D eigenvalue weighted by Crippen LogP contribution is 2.52. The van der Waals surface area contributed by atoms with Gasteiger partial charge in [0.25, 0.3) is 0 Å². The molecule has 0 radical (unpaired) electrons. The van der Waals surface area contributed by atoms with Gasteiger partial charge in [0.2, 0.25) is 5.88 Å². The molecule has 4 aromatic carbocycles. The quantitative estimate of drug-likeness (QED) is 0.328. The van der Waals surface area contributed by atoms with Crippen molar-refractivity contribution in [1.82, 2.24) is 0 Å². The topological polar surface area (TPSA) is 59.0 Å². The largest absolute Gasteiger partial charge is 0.439 e. The van der Waals surface area contributed by atoms with Crippen molar-refractivity contribution in [1.29, 1.82) is 5.26 Å². The van der Waals surface area contributed by atoms with E-state index in [2.05, 4.69) is 42.5 Å². The number of hydrogen-bond donors (Lipinski definition) is 1. The van der Waals surface area contributed by atoms with Gasteiger partial charge in [-0.15, -0.1) is 11.3 Å². The minimum absolute atomic E-state index is 0.190. The summed E-state index contributed by atoms with van der Waals surface area (Å²) in [6.45, 7) is 0. The fourth-order valence-corrected chi connectivity index (χ4v) is 5.78. The van der Waals surface area contributed by atoms with Gasteiger partial charge in [-0.25, -0.2) is 0 Å². The smallest absolute Gasteiger partial charge is 0.205 e. The maximum Gasteiger partial charge on any atom is 0.205 e. The monoisotopic (exact) mass is 404 g/mol.